The van der Waals surface area contributed by atoms with E-state index in [1.165, 1.54) is 6.07 Å². The van der Waals surface area contributed by atoms with E-state index in [0.717, 1.165) is 19.3 Å². The van der Waals surface area contributed by atoms with Crippen LogP contribution in [-0.2, 0) is 9.59 Å². The molecule has 0 heterocycles. The zero-order valence-electron chi connectivity index (χ0n) is 13.9. The highest BCUT2D eigenvalue weighted by atomic mass is 16.6. The highest BCUT2D eigenvalue weighted by Gasteiger charge is 2.30. The van der Waals surface area contributed by atoms with Crippen molar-refractivity contribution in [3.63, 3.8) is 0 Å². The monoisotopic (exact) mass is 349 g/mol. The standard InChI is InChI=1S/C17H23N3O5/c21-16(19-13-7-3-1-2-6-12(13)17(22)23)10-11-18-14-8-4-5-9-15(14)20(24)25/h4-5,8-9,12-13,18H,1-3,6-7,10-11H2,(H,19,21)(H,22,23)/t12-,13+/m1/s1. The number of nitrogens with zero attached hydrogens (tertiary/aromatic N) is 1. The van der Waals surface area contributed by atoms with Gasteiger partial charge in [-0.3, -0.25) is 19.7 Å². The van der Waals surface area contributed by atoms with Crippen molar-refractivity contribution in [3.05, 3.63) is 34.4 Å². The van der Waals surface area contributed by atoms with E-state index in [2.05, 4.69) is 10.6 Å². The van der Waals surface area contributed by atoms with Gasteiger partial charge in [0.15, 0.2) is 0 Å². The van der Waals surface area contributed by atoms with E-state index in [1.54, 1.807) is 18.2 Å². The second-order valence-electron chi connectivity index (χ2n) is 6.21. The van der Waals surface area contributed by atoms with Crippen molar-refractivity contribution < 1.29 is 19.6 Å². The van der Waals surface area contributed by atoms with Crippen molar-refractivity contribution >= 4 is 23.3 Å². The molecule has 1 amide bonds. The minimum Gasteiger partial charge on any atom is -0.481 e. The lowest BCUT2D eigenvalue weighted by atomic mass is 9.95. The van der Waals surface area contributed by atoms with Gasteiger partial charge in [-0.15, -0.1) is 0 Å². The fourth-order valence-corrected chi connectivity index (χ4v) is 3.15. The molecule has 25 heavy (non-hydrogen) atoms. The van der Waals surface area contributed by atoms with Gasteiger partial charge in [0.05, 0.1) is 10.8 Å². The fourth-order valence-electron chi connectivity index (χ4n) is 3.15. The highest BCUT2D eigenvalue weighted by molar-refractivity contribution is 5.78. The molecular formula is C17H23N3O5. The van der Waals surface area contributed by atoms with E-state index < -0.39 is 16.8 Å². The molecule has 2 atom stereocenters. The van der Waals surface area contributed by atoms with E-state index in [4.69, 9.17) is 0 Å². The Morgan fingerprint density at radius 2 is 1.92 bits per heavy atom. The van der Waals surface area contributed by atoms with Crippen LogP contribution in [0, 0.1) is 16.0 Å². The average Bonchev–Trinajstić information content (AvgIpc) is 2.80. The second-order valence-corrected chi connectivity index (χ2v) is 6.21. The minimum atomic E-state index is -0.870. The predicted molar refractivity (Wildman–Crippen MR) is 92.3 cm³/mol. The lowest BCUT2D eigenvalue weighted by Crippen LogP contribution is -2.43. The molecule has 0 saturated heterocycles. The van der Waals surface area contributed by atoms with Gasteiger partial charge in [0.1, 0.15) is 5.69 Å². The number of para-hydroxylation sites is 2. The molecule has 8 heteroatoms. The quantitative estimate of drug-likeness (QED) is 0.395. The molecule has 136 valence electrons. The molecule has 8 nitrogen and oxygen atoms in total. The minimum absolute atomic E-state index is 0.0439. The van der Waals surface area contributed by atoms with Gasteiger partial charge in [0.25, 0.3) is 5.69 Å². The maximum Gasteiger partial charge on any atom is 0.308 e. The Kier molecular flexibility index (Phi) is 6.73. The molecule has 1 aromatic rings. The Labute approximate surface area is 145 Å². The first-order valence-corrected chi connectivity index (χ1v) is 8.48. The van der Waals surface area contributed by atoms with E-state index in [9.17, 15) is 24.8 Å². The summed E-state index contributed by atoms with van der Waals surface area (Å²) in [6.45, 7) is 0.237. The molecule has 1 aromatic carbocycles. The number of benzene rings is 1. The summed E-state index contributed by atoms with van der Waals surface area (Å²) in [6.07, 6.45) is 4.12. The van der Waals surface area contributed by atoms with Crippen molar-refractivity contribution in [2.75, 3.05) is 11.9 Å². The van der Waals surface area contributed by atoms with Crippen molar-refractivity contribution in [2.45, 2.75) is 44.6 Å². The molecule has 0 radical (unpaired) electrons. The summed E-state index contributed by atoms with van der Waals surface area (Å²) >= 11 is 0. The number of amides is 1. The molecule has 0 aliphatic heterocycles. The van der Waals surface area contributed by atoms with E-state index in [1.807, 2.05) is 0 Å². The van der Waals surface area contributed by atoms with Crippen LogP contribution in [-0.4, -0.2) is 34.5 Å². The largest absolute Gasteiger partial charge is 0.481 e. The van der Waals surface area contributed by atoms with Gasteiger partial charge in [-0.25, -0.2) is 0 Å². The van der Waals surface area contributed by atoms with Gasteiger partial charge < -0.3 is 15.7 Å². The lowest BCUT2D eigenvalue weighted by molar-refractivity contribution is -0.384. The third-order valence-corrected chi connectivity index (χ3v) is 4.45. The summed E-state index contributed by atoms with van der Waals surface area (Å²) < 4.78 is 0. The van der Waals surface area contributed by atoms with Crippen molar-refractivity contribution in [1.82, 2.24) is 5.32 Å². The van der Waals surface area contributed by atoms with Gasteiger partial charge >= 0.3 is 5.97 Å². The summed E-state index contributed by atoms with van der Waals surface area (Å²) in [5.74, 6) is -1.66. The van der Waals surface area contributed by atoms with Crippen molar-refractivity contribution in [2.24, 2.45) is 5.92 Å². The normalized spacial score (nSPS) is 20.3. The van der Waals surface area contributed by atoms with Crippen molar-refractivity contribution in [3.8, 4) is 0 Å². The zero-order valence-corrected chi connectivity index (χ0v) is 13.9. The Morgan fingerprint density at radius 3 is 2.64 bits per heavy atom. The van der Waals surface area contributed by atoms with Crippen LogP contribution in [0.15, 0.2) is 24.3 Å². The van der Waals surface area contributed by atoms with Crippen LogP contribution in [0.2, 0.25) is 0 Å². The molecule has 1 saturated carbocycles. The Bertz CT molecular complexity index is 634. The number of hydrogen-bond acceptors (Lipinski definition) is 5. The van der Waals surface area contributed by atoms with Crippen LogP contribution in [0.5, 0.6) is 0 Å². The summed E-state index contributed by atoms with van der Waals surface area (Å²) in [5, 5.41) is 26.0. The molecule has 1 aliphatic carbocycles. The van der Waals surface area contributed by atoms with E-state index in [0.29, 0.717) is 18.5 Å². The summed E-state index contributed by atoms with van der Waals surface area (Å²) in [5.41, 5.74) is 0.316. The van der Waals surface area contributed by atoms with Crippen molar-refractivity contribution in [1.29, 1.82) is 0 Å². The number of carboxylic acid groups (broad SMARTS) is 1. The lowest BCUT2D eigenvalue weighted by Gasteiger charge is -2.23. The van der Waals surface area contributed by atoms with Crippen LogP contribution < -0.4 is 10.6 Å². The Morgan fingerprint density at radius 1 is 1.20 bits per heavy atom. The van der Waals surface area contributed by atoms with Crippen LogP contribution >= 0.6 is 0 Å². The maximum absolute atomic E-state index is 12.1. The van der Waals surface area contributed by atoms with Gasteiger partial charge in [-0.05, 0) is 18.9 Å². The van der Waals surface area contributed by atoms with Gasteiger partial charge in [-0.2, -0.15) is 0 Å². The van der Waals surface area contributed by atoms with E-state index >= 15 is 0 Å². The number of hydrogen-bond donors (Lipinski definition) is 3. The number of nitrogens with one attached hydrogen (secondary N) is 2. The van der Waals surface area contributed by atoms with Crippen LogP contribution in [0.3, 0.4) is 0 Å². The first kappa shape index (κ1) is 18.7. The molecule has 1 aliphatic rings. The Balaban J connectivity index is 1.86. The topological polar surface area (TPSA) is 122 Å². The van der Waals surface area contributed by atoms with Gasteiger partial charge in [0, 0.05) is 25.1 Å². The van der Waals surface area contributed by atoms with Crippen LogP contribution in [0.25, 0.3) is 0 Å². The zero-order chi connectivity index (χ0) is 18.2. The molecule has 0 bridgehead atoms. The van der Waals surface area contributed by atoms with Gasteiger partial charge in [-0.1, -0.05) is 31.4 Å². The first-order chi connectivity index (χ1) is 12.0. The maximum atomic E-state index is 12.1. The smallest absolute Gasteiger partial charge is 0.308 e. The van der Waals surface area contributed by atoms with E-state index in [-0.39, 0.29) is 30.6 Å². The fraction of sp³-hybridized carbons (Fsp3) is 0.529. The molecule has 0 spiro atoms. The third kappa shape index (κ3) is 5.44. The van der Waals surface area contributed by atoms with Crippen LogP contribution in [0.1, 0.15) is 38.5 Å². The van der Waals surface area contributed by atoms with Crippen LogP contribution in [0.4, 0.5) is 11.4 Å². The molecular weight excluding hydrogens is 326 g/mol. The SMILES string of the molecule is O=C(CCNc1ccccc1[N+](=O)[O-])N[C@H]1CCCCC[C@H]1C(=O)O. The number of anilines is 1. The molecule has 0 aromatic heterocycles. The molecule has 1 fully saturated rings. The number of rotatable bonds is 7. The third-order valence-electron chi connectivity index (χ3n) is 4.45. The number of carbonyl (C=O) groups excluding carboxylic acids is 1. The average molecular weight is 349 g/mol. The molecule has 3 N–H and O–H groups in total. The predicted octanol–water partition coefficient (Wildman–Crippen LogP) is 2.55. The molecule has 2 rings (SSSR count). The number of aliphatic carboxylic acids is 1. The Hall–Kier alpha value is -2.64. The number of carbonyl (C=O) groups is 2. The summed E-state index contributed by atoms with van der Waals surface area (Å²) in [6, 6.07) is 5.89. The highest BCUT2D eigenvalue weighted by Crippen LogP contribution is 2.24. The number of carboxylic acids is 1. The second kappa shape index (κ2) is 9.00. The number of nitro benzene ring substituents is 1. The first-order valence-electron chi connectivity index (χ1n) is 8.48. The van der Waals surface area contributed by atoms with Gasteiger partial charge in [0.2, 0.25) is 5.91 Å². The molecule has 0 unspecified atom stereocenters. The summed E-state index contributed by atoms with van der Waals surface area (Å²) in [4.78, 5) is 34.0. The number of nitro groups is 1. The summed E-state index contributed by atoms with van der Waals surface area (Å²) in [7, 11) is 0.